The number of hydrogen-bond donors (Lipinski definition) is 1. The molecule has 0 spiro atoms. The van der Waals surface area contributed by atoms with Crippen molar-refractivity contribution < 1.29 is 0 Å². The molecule has 24 heavy (non-hydrogen) atoms. The second-order valence-electron chi connectivity index (χ2n) is 7.32. The Labute approximate surface area is 145 Å². The van der Waals surface area contributed by atoms with Crippen molar-refractivity contribution in [3.8, 4) is 17.2 Å². The maximum Gasteiger partial charge on any atom is 0.0627 e. The van der Waals surface area contributed by atoms with Gasteiger partial charge in [0, 0.05) is 19.0 Å². The van der Waals surface area contributed by atoms with Gasteiger partial charge < -0.3 is 5.32 Å². The van der Waals surface area contributed by atoms with Crippen molar-refractivity contribution in [2.24, 2.45) is 5.41 Å². The Balaban J connectivity index is 1.62. The van der Waals surface area contributed by atoms with Crippen LogP contribution in [-0.2, 0) is 6.54 Å². The summed E-state index contributed by atoms with van der Waals surface area (Å²) in [5.41, 5.74) is 4.18. The summed E-state index contributed by atoms with van der Waals surface area (Å²) in [7, 11) is 0. The van der Waals surface area contributed by atoms with Crippen LogP contribution in [0.15, 0.2) is 54.6 Å². The number of rotatable bonds is 5. The fourth-order valence-corrected chi connectivity index (χ4v) is 3.71. The maximum atomic E-state index is 8.97. The van der Waals surface area contributed by atoms with Crippen molar-refractivity contribution in [1.29, 1.82) is 5.26 Å². The standard InChI is InChI=1S/C22H26N2/c1-22(15-16-23)13-11-20(12-14-22)24-17-19-9-5-6-10-21(19)18-7-3-2-4-8-18/h2-10,20,24H,11-15,17H2,1H3/t20-,22+. The summed E-state index contributed by atoms with van der Waals surface area (Å²) in [5.74, 6) is 0. The van der Waals surface area contributed by atoms with Crippen LogP contribution in [0.1, 0.15) is 44.6 Å². The van der Waals surface area contributed by atoms with Gasteiger partial charge in [-0.1, -0.05) is 61.5 Å². The van der Waals surface area contributed by atoms with E-state index in [-0.39, 0.29) is 5.41 Å². The zero-order valence-electron chi connectivity index (χ0n) is 14.5. The lowest BCUT2D eigenvalue weighted by Gasteiger charge is -2.36. The van der Waals surface area contributed by atoms with Crippen molar-refractivity contribution in [3.63, 3.8) is 0 Å². The van der Waals surface area contributed by atoms with E-state index in [1.165, 1.54) is 29.5 Å². The quantitative estimate of drug-likeness (QED) is 0.811. The molecule has 0 aromatic heterocycles. The van der Waals surface area contributed by atoms with E-state index in [2.05, 4.69) is 72.9 Å². The first kappa shape index (κ1) is 16.7. The highest BCUT2D eigenvalue weighted by atomic mass is 14.9. The van der Waals surface area contributed by atoms with Crippen molar-refractivity contribution in [3.05, 3.63) is 60.2 Å². The third-order valence-electron chi connectivity index (χ3n) is 5.38. The Kier molecular flexibility index (Phi) is 5.33. The molecule has 1 aliphatic rings. The third kappa shape index (κ3) is 4.04. The van der Waals surface area contributed by atoms with Crippen LogP contribution in [0.5, 0.6) is 0 Å². The number of nitriles is 1. The largest absolute Gasteiger partial charge is 0.310 e. The molecule has 1 fully saturated rings. The summed E-state index contributed by atoms with van der Waals surface area (Å²) < 4.78 is 0. The van der Waals surface area contributed by atoms with Crippen LogP contribution < -0.4 is 5.32 Å². The van der Waals surface area contributed by atoms with Gasteiger partial charge in [-0.05, 0) is 47.8 Å². The molecule has 0 aliphatic heterocycles. The van der Waals surface area contributed by atoms with E-state index in [0.717, 1.165) is 19.4 Å². The molecule has 2 nitrogen and oxygen atoms in total. The van der Waals surface area contributed by atoms with Gasteiger partial charge in [-0.3, -0.25) is 0 Å². The summed E-state index contributed by atoms with van der Waals surface area (Å²) >= 11 is 0. The number of nitrogens with one attached hydrogen (secondary N) is 1. The average molecular weight is 318 g/mol. The highest BCUT2D eigenvalue weighted by molar-refractivity contribution is 5.67. The Morgan fingerprint density at radius 1 is 1.04 bits per heavy atom. The van der Waals surface area contributed by atoms with E-state index < -0.39 is 0 Å². The molecule has 0 unspecified atom stereocenters. The molecule has 0 saturated heterocycles. The molecule has 0 bridgehead atoms. The Morgan fingerprint density at radius 2 is 1.71 bits per heavy atom. The minimum absolute atomic E-state index is 0.231. The molecule has 1 saturated carbocycles. The first-order valence-electron chi connectivity index (χ1n) is 8.94. The average Bonchev–Trinajstić information content (AvgIpc) is 2.62. The summed E-state index contributed by atoms with van der Waals surface area (Å²) in [6.07, 6.45) is 5.34. The number of hydrogen-bond acceptors (Lipinski definition) is 2. The normalized spacial score (nSPS) is 23.6. The van der Waals surface area contributed by atoms with E-state index in [9.17, 15) is 0 Å². The Hall–Kier alpha value is -2.11. The van der Waals surface area contributed by atoms with Crippen LogP contribution in [0.2, 0.25) is 0 Å². The van der Waals surface area contributed by atoms with E-state index >= 15 is 0 Å². The van der Waals surface area contributed by atoms with E-state index in [0.29, 0.717) is 12.5 Å². The molecule has 0 radical (unpaired) electrons. The second-order valence-corrected chi connectivity index (χ2v) is 7.32. The lowest BCUT2D eigenvalue weighted by Crippen LogP contribution is -2.36. The highest BCUT2D eigenvalue weighted by Crippen LogP contribution is 2.38. The van der Waals surface area contributed by atoms with Crippen LogP contribution in [0.3, 0.4) is 0 Å². The van der Waals surface area contributed by atoms with Crippen molar-refractivity contribution >= 4 is 0 Å². The van der Waals surface area contributed by atoms with Crippen molar-refractivity contribution in [1.82, 2.24) is 5.32 Å². The molecule has 0 atom stereocenters. The smallest absolute Gasteiger partial charge is 0.0627 e. The van der Waals surface area contributed by atoms with Crippen molar-refractivity contribution in [2.75, 3.05) is 0 Å². The summed E-state index contributed by atoms with van der Waals surface area (Å²) in [4.78, 5) is 0. The molecule has 2 aromatic rings. The lowest BCUT2D eigenvalue weighted by molar-refractivity contribution is 0.188. The predicted molar refractivity (Wildman–Crippen MR) is 99.3 cm³/mol. The van der Waals surface area contributed by atoms with Crippen LogP contribution in [0.4, 0.5) is 0 Å². The summed E-state index contributed by atoms with van der Waals surface area (Å²) in [6, 6.07) is 22.2. The highest BCUT2D eigenvalue weighted by Gasteiger charge is 2.30. The predicted octanol–water partition coefficient (Wildman–Crippen LogP) is 5.31. The van der Waals surface area contributed by atoms with Gasteiger partial charge in [0.25, 0.3) is 0 Å². The molecule has 0 amide bonds. The van der Waals surface area contributed by atoms with Gasteiger partial charge >= 0.3 is 0 Å². The SMILES string of the molecule is C[C@]1(CC#N)CC[C@@H](NCc2ccccc2-c2ccccc2)CC1. The molecule has 3 rings (SSSR count). The molecule has 1 N–H and O–H groups in total. The fraction of sp³-hybridized carbons (Fsp3) is 0.409. The Morgan fingerprint density at radius 3 is 2.42 bits per heavy atom. The second kappa shape index (κ2) is 7.64. The van der Waals surface area contributed by atoms with Gasteiger partial charge in [-0.2, -0.15) is 5.26 Å². The van der Waals surface area contributed by atoms with E-state index in [1.54, 1.807) is 0 Å². The molecular formula is C22H26N2. The number of benzene rings is 2. The van der Waals surface area contributed by atoms with E-state index in [4.69, 9.17) is 5.26 Å². The van der Waals surface area contributed by atoms with Crippen LogP contribution in [-0.4, -0.2) is 6.04 Å². The zero-order chi connectivity index (χ0) is 16.8. The molecule has 0 heterocycles. The number of nitrogens with zero attached hydrogens (tertiary/aromatic N) is 1. The van der Waals surface area contributed by atoms with Gasteiger partial charge in [-0.25, -0.2) is 0 Å². The lowest BCUT2D eigenvalue weighted by atomic mass is 9.72. The van der Waals surface area contributed by atoms with Crippen LogP contribution in [0, 0.1) is 16.7 Å². The zero-order valence-corrected chi connectivity index (χ0v) is 14.5. The third-order valence-corrected chi connectivity index (χ3v) is 5.38. The fourth-order valence-electron chi connectivity index (χ4n) is 3.71. The molecule has 1 aliphatic carbocycles. The monoisotopic (exact) mass is 318 g/mol. The van der Waals surface area contributed by atoms with Gasteiger partial charge in [0.05, 0.1) is 6.07 Å². The van der Waals surface area contributed by atoms with E-state index in [1.807, 2.05) is 0 Å². The summed E-state index contributed by atoms with van der Waals surface area (Å²) in [5, 5.41) is 12.7. The van der Waals surface area contributed by atoms with Crippen molar-refractivity contribution in [2.45, 2.75) is 51.6 Å². The minimum atomic E-state index is 0.231. The van der Waals surface area contributed by atoms with Gasteiger partial charge in [0.15, 0.2) is 0 Å². The topological polar surface area (TPSA) is 35.8 Å². The summed E-state index contributed by atoms with van der Waals surface area (Å²) in [6.45, 7) is 3.17. The minimum Gasteiger partial charge on any atom is -0.310 e. The van der Waals surface area contributed by atoms with Gasteiger partial charge in [-0.15, -0.1) is 0 Å². The maximum absolute atomic E-state index is 8.97. The molecule has 2 heteroatoms. The van der Waals surface area contributed by atoms with Crippen LogP contribution in [0.25, 0.3) is 11.1 Å². The van der Waals surface area contributed by atoms with Gasteiger partial charge in [0.1, 0.15) is 0 Å². The Bertz CT molecular complexity index is 691. The molecule has 124 valence electrons. The van der Waals surface area contributed by atoms with Crippen LogP contribution >= 0.6 is 0 Å². The van der Waals surface area contributed by atoms with Gasteiger partial charge in [0.2, 0.25) is 0 Å². The molecule has 2 aromatic carbocycles. The first-order chi connectivity index (χ1) is 11.7. The first-order valence-corrected chi connectivity index (χ1v) is 8.94. The molecular weight excluding hydrogens is 292 g/mol.